The van der Waals surface area contributed by atoms with Crippen molar-refractivity contribution in [3.05, 3.63) is 35.7 Å². The third-order valence-corrected chi connectivity index (χ3v) is 4.19. The van der Waals surface area contributed by atoms with E-state index in [0.29, 0.717) is 5.69 Å². The zero-order valence-corrected chi connectivity index (χ0v) is 12.8. The number of imidazole rings is 1. The topological polar surface area (TPSA) is 90.3 Å². The molecule has 1 heterocycles. The fraction of sp³-hybridized carbons (Fsp3) is 0.167. The molecule has 0 unspecified atom stereocenters. The van der Waals surface area contributed by atoms with Crippen molar-refractivity contribution in [2.75, 3.05) is 5.32 Å². The summed E-state index contributed by atoms with van der Waals surface area (Å²) >= 11 is 5.84. The highest BCUT2D eigenvalue weighted by Gasteiger charge is 2.24. The van der Waals surface area contributed by atoms with Crippen LogP contribution in [0.5, 0.6) is 5.75 Å². The number of anilines is 1. The first-order chi connectivity index (χ1) is 9.79. The molecule has 21 heavy (non-hydrogen) atoms. The predicted octanol–water partition coefficient (Wildman–Crippen LogP) is 1.80. The lowest BCUT2D eigenvalue weighted by Gasteiger charge is -2.07. The van der Waals surface area contributed by atoms with Crippen LogP contribution in [0.1, 0.15) is 6.92 Å². The number of hydrogen-bond donors (Lipinski definition) is 1. The second-order valence-corrected chi connectivity index (χ2v) is 6.01. The largest absolute Gasteiger partial charge is 0.378 e. The highest BCUT2D eigenvalue weighted by atomic mass is 35.5. The van der Waals surface area contributed by atoms with Crippen LogP contribution in [0.2, 0.25) is 5.15 Å². The molecular weight excluding hydrogens is 318 g/mol. The smallest absolute Gasteiger partial charge is 0.360 e. The van der Waals surface area contributed by atoms with Crippen molar-refractivity contribution in [3.8, 4) is 5.75 Å². The predicted molar refractivity (Wildman–Crippen MR) is 76.8 cm³/mol. The van der Waals surface area contributed by atoms with Gasteiger partial charge in [-0.15, -0.1) is 0 Å². The van der Waals surface area contributed by atoms with Crippen molar-refractivity contribution >= 4 is 33.3 Å². The van der Waals surface area contributed by atoms with E-state index in [1.807, 2.05) is 0 Å². The third-order valence-electron chi connectivity index (χ3n) is 2.45. The van der Waals surface area contributed by atoms with Crippen LogP contribution in [0, 0.1) is 0 Å². The summed E-state index contributed by atoms with van der Waals surface area (Å²) in [7, 11) is -2.54. The summed E-state index contributed by atoms with van der Waals surface area (Å²) in [6, 6.07) is 5.87. The van der Waals surface area contributed by atoms with Crippen LogP contribution >= 0.6 is 11.6 Å². The molecule has 7 nitrogen and oxygen atoms in total. The van der Waals surface area contributed by atoms with Crippen molar-refractivity contribution in [1.82, 2.24) is 9.55 Å². The lowest BCUT2D eigenvalue weighted by molar-refractivity contribution is -0.114. The normalized spacial score (nSPS) is 11.2. The molecule has 1 aromatic heterocycles. The van der Waals surface area contributed by atoms with E-state index in [1.54, 1.807) is 7.05 Å². The minimum absolute atomic E-state index is 0.0372. The zero-order valence-electron chi connectivity index (χ0n) is 11.2. The van der Waals surface area contributed by atoms with Gasteiger partial charge in [0.25, 0.3) is 0 Å². The van der Waals surface area contributed by atoms with E-state index in [4.69, 9.17) is 15.8 Å². The van der Waals surface area contributed by atoms with E-state index < -0.39 is 10.1 Å². The van der Waals surface area contributed by atoms with Gasteiger partial charge in [0.15, 0.2) is 5.15 Å². The summed E-state index contributed by atoms with van der Waals surface area (Å²) in [4.78, 5) is 14.6. The average Bonchev–Trinajstić information content (AvgIpc) is 2.72. The number of aromatic nitrogens is 2. The van der Waals surface area contributed by atoms with Crippen molar-refractivity contribution in [3.63, 3.8) is 0 Å². The van der Waals surface area contributed by atoms with Gasteiger partial charge in [0.05, 0.1) is 6.33 Å². The molecule has 1 amide bonds. The van der Waals surface area contributed by atoms with Gasteiger partial charge in [-0.25, -0.2) is 4.98 Å². The Morgan fingerprint density at radius 1 is 1.33 bits per heavy atom. The SMILES string of the molecule is CC(=O)Nc1ccc(OS(=O)(=O)c2ncn(C)c2Cl)cc1. The van der Waals surface area contributed by atoms with E-state index in [9.17, 15) is 13.2 Å². The number of aryl methyl sites for hydroxylation is 1. The minimum Gasteiger partial charge on any atom is -0.378 e. The molecule has 0 spiro atoms. The lowest BCUT2D eigenvalue weighted by Crippen LogP contribution is -2.11. The minimum atomic E-state index is -4.11. The highest BCUT2D eigenvalue weighted by Crippen LogP contribution is 2.24. The molecule has 2 rings (SSSR count). The molecule has 9 heteroatoms. The van der Waals surface area contributed by atoms with Gasteiger partial charge < -0.3 is 14.1 Å². The Balaban J connectivity index is 2.21. The fourth-order valence-electron chi connectivity index (χ4n) is 1.52. The van der Waals surface area contributed by atoms with Crippen molar-refractivity contribution in [2.24, 2.45) is 7.05 Å². The van der Waals surface area contributed by atoms with Crippen molar-refractivity contribution in [1.29, 1.82) is 0 Å². The number of halogens is 1. The molecule has 0 aliphatic rings. The molecule has 1 N–H and O–H groups in total. The van der Waals surface area contributed by atoms with E-state index in [-0.39, 0.29) is 21.8 Å². The van der Waals surface area contributed by atoms with Gasteiger partial charge >= 0.3 is 10.1 Å². The molecule has 0 radical (unpaired) electrons. The first-order valence-electron chi connectivity index (χ1n) is 5.78. The summed E-state index contributed by atoms with van der Waals surface area (Å²) in [6.07, 6.45) is 1.28. The second-order valence-electron chi connectivity index (χ2n) is 4.19. The van der Waals surface area contributed by atoms with Crippen molar-refractivity contribution < 1.29 is 17.4 Å². The second kappa shape index (κ2) is 5.74. The molecule has 1 aromatic carbocycles. The quantitative estimate of drug-likeness (QED) is 0.864. The monoisotopic (exact) mass is 329 g/mol. The van der Waals surface area contributed by atoms with Gasteiger partial charge in [-0.3, -0.25) is 4.79 Å². The number of nitrogens with one attached hydrogen (secondary N) is 1. The summed E-state index contributed by atoms with van der Waals surface area (Å²) < 4.78 is 30.4. The zero-order chi connectivity index (χ0) is 15.6. The number of carbonyl (C=O) groups is 1. The fourth-order valence-corrected chi connectivity index (χ4v) is 2.87. The van der Waals surface area contributed by atoms with Gasteiger partial charge in [-0.05, 0) is 24.3 Å². The Labute approximate surface area is 126 Å². The van der Waals surface area contributed by atoms with Gasteiger partial charge in [0, 0.05) is 19.7 Å². The maximum Gasteiger partial charge on any atom is 0.360 e. The van der Waals surface area contributed by atoms with Gasteiger partial charge in [0.1, 0.15) is 5.75 Å². The number of hydrogen-bond acceptors (Lipinski definition) is 5. The summed E-state index contributed by atoms with van der Waals surface area (Å²) in [5.74, 6) is -0.137. The maximum atomic E-state index is 12.0. The molecule has 0 saturated heterocycles. The van der Waals surface area contributed by atoms with E-state index in [2.05, 4.69) is 10.3 Å². The first kappa shape index (κ1) is 15.3. The van der Waals surface area contributed by atoms with Gasteiger partial charge in [0.2, 0.25) is 10.9 Å². The van der Waals surface area contributed by atoms with Gasteiger partial charge in [-0.1, -0.05) is 11.6 Å². The number of nitrogens with zero attached hydrogens (tertiary/aromatic N) is 2. The van der Waals surface area contributed by atoms with Crippen LogP contribution in [0.3, 0.4) is 0 Å². The molecule has 2 aromatic rings. The van der Waals surface area contributed by atoms with Crippen LogP contribution < -0.4 is 9.50 Å². The van der Waals surface area contributed by atoms with E-state index >= 15 is 0 Å². The first-order valence-corrected chi connectivity index (χ1v) is 7.57. The molecule has 0 bridgehead atoms. The average molecular weight is 330 g/mol. The molecule has 0 fully saturated rings. The van der Waals surface area contributed by atoms with Crippen molar-refractivity contribution in [2.45, 2.75) is 11.9 Å². The Morgan fingerprint density at radius 2 is 1.95 bits per heavy atom. The molecule has 0 aliphatic heterocycles. The van der Waals surface area contributed by atoms with Crippen LogP contribution in [-0.2, 0) is 22.0 Å². The van der Waals surface area contributed by atoms with Crippen LogP contribution in [-0.4, -0.2) is 23.9 Å². The number of benzene rings is 1. The molecule has 0 atom stereocenters. The van der Waals surface area contributed by atoms with E-state index in [0.717, 1.165) is 0 Å². The van der Waals surface area contributed by atoms with E-state index in [1.165, 1.54) is 42.1 Å². The molecular formula is C12H12ClN3O4S. The number of rotatable bonds is 4. The summed E-state index contributed by atoms with van der Waals surface area (Å²) in [6.45, 7) is 1.37. The summed E-state index contributed by atoms with van der Waals surface area (Å²) in [5, 5.41) is 2.17. The Morgan fingerprint density at radius 3 is 2.43 bits per heavy atom. The van der Waals surface area contributed by atoms with Crippen LogP contribution in [0.15, 0.2) is 35.6 Å². The summed E-state index contributed by atoms with van der Waals surface area (Å²) in [5.41, 5.74) is 0.531. The highest BCUT2D eigenvalue weighted by molar-refractivity contribution is 7.87. The lowest BCUT2D eigenvalue weighted by atomic mass is 10.3. The molecule has 0 aliphatic carbocycles. The molecule has 0 saturated carbocycles. The maximum absolute atomic E-state index is 12.0. The van der Waals surface area contributed by atoms with Crippen LogP contribution in [0.25, 0.3) is 0 Å². The Bertz CT molecular complexity index is 768. The van der Waals surface area contributed by atoms with Gasteiger partial charge in [-0.2, -0.15) is 8.42 Å². The Hall–Kier alpha value is -2.06. The number of carbonyl (C=O) groups excluding carboxylic acids is 1. The Kier molecular flexibility index (Phi) is 4.19. The number of amides is 1. The standard InChI is InChI=1S/C12H12ClN3O4S/c1-8(17)15-9-3-5-10(6-4-9)20-21(18,19)12-11(13)16(2)7-14-12/h3-7H,1-2H3,(H,15,17). The molecule has 112 valence electrons. The third kappa shape index (κ3) is 3.53. The van der Waals surface area contributed by atoms with Crippen LogP contribution in [0.4, 0.5) is 5.69 Å².